The Hall–Kier alpha value is -2.48. The number of fused-ring (bicyclic) bond motifs is 1. The minimum atomic E-state index is -0.176. The zero-order valence-electron chi connectivity index (χ0n) is 10.8. The topological polar surface area (TPSA) is 98.7 Å². The van der Waals surface area contributed by atoms with Crippen molar-refractivity contribution in [1.29, 1.82) is 0 Å². The van der Waals surface area contributed by atoms with Crippen LogP contribution >= 0.6 is 15.9 Å². The molecule has 0 spiro atoms. The molecule has 0 atom stereocenters. The van der Waals surface area contributed by atoms with Crippen molar-refractivity contribution in [1.82, 2.24) is 19.5 Å². The maximum absolute atomic E-state index is 12.1. The Morgan fingerprint density at radius 3 is 3.00 bits per heavy atom. The Morgan fingerprint density at radius 2 is 2.19 bits per heavy atom. The Morgan fingerprint density at radius 1 is 1.33 bits per heavy atom. The fourth-order valence-electron chi connectivity index (χ4n) is 1.94. The molecule has 106 valence electrons. The molecule has 7 nitrogen and oxygen atoms in total. The fraction of sp³-hybridized carbons (Fsp3) is 0.0769. The quantitative estimate of drug-likeness (QED) is 0.753. The normalized spacial score (nSPS) is 10.7. The second-order valence-electron chi connectivity index (χ2n) is 4.36. The number of benzene rings is 1. The number of nitrogen functional groups attached to an aromatic ring is 1. The number of imidazole rings is 1. The molecule has 0 saturated carbocycles. The number of nitrogens with zero attached hydrogens (tertiary/aromatic N) is 4. The van der Waals surface area contributed by atoms with Gasteiger partial charge < -0.3 is 15.6 Å². The number of hydrogen-bond acceptors (Lipinski definition) is 5. The van der Waals surface area contributed by atoms with Crippen LogP contribution in [-0.2, 0) is 11.3 Å². The molecule has 3 rings (SSSR count). The summed E-state index contributed by atoms with van der Waals surface area (Å²) in [5.41, 5.74) is 7.45. The molecule has 0 saturated heterocycles. The summed E-state index contributed by atoms with van der Waals surface area (Å²) in [6, 6.07) is 7.37. The minimum absolute atomic E-state index is 0.0967. The van der Waals surface area contributed by atoms with Crippen molar-refractivity contribution in [3.63, 3.8) is 0 Å². The molecule has 0 unspecified atom stereocenters. The minimum Gasteiger partial charge on any atom is -0.382 e. The van der Waals surface area contributed by atoms with Gasteiger partial charge >= 0.3 is 0 Å². The van der Waals surface area contributed by atoms with Gasteiger partial charge in [0, 0.05) is 10.2 Å². The van der Waals surface area contributed by atoms with Crippen molar-refractivity contribution in [3.05, 3.63) is 41.4 Å². The van der Waals surface area contributed by atoms with Crippen LogP contribution in [0.15, 0.2) is 41.4 Å². The van der Waals surface area contributed by atoms with Crippen LogP contribution in [0.3, 0.4) is 0 Å². The van der Waals surface area contributed by atoms with Crippen LogP contribution in [0.2, 0.25) is 0 Å². The lowest BCUT2D eigenvalue weighted by Crippen LogP contribution is -2.18. The zero-order chi connectivity index (χ0) is 14.8. The summed E-state index contributed by atoms with van der Waals surface area (Å²) in [6.45, 7) is 0.0967. The van der Waals surface area contributed by atoms with E-state index in [-0.39, 0.29) is 12.5 Å². The summed E-state index contributed by atoms with van der Waals surface area (Å²) in [5, 5.41) is 2.81. The Labute approximate surface area is 128 Å². The molecule has 2 aromatic heterocycles. The number of rotatable bonds is 3. The summed E-state index contributed by atoms with van der Waals surface area (Å²) in [5.74, 6) is 0.121. The van der Waals surface area contributed by atoms with Gasteiger partial charge in [0.1, 0.15) is 18.4 Å². The molecule has 3 aromatic rings. The molecule has 21 heavy (non-hydrogen) atoms. The van der Waals surface area contributed by atoms with Gasteiger partial charge in [0.15, 0.2) is 11.5 Å². The van der Waals surface area contributed by atoms with E-state index in [4.69, 9.17) is 5.73 Å². The van der Waals surface area contributed by atoms with Crippen LogP contribution in [0, 0.1) is 0 Å². The van der Waals surface area contributed by atoms with Gasteiger partial charge in [-0.05, 0) is 18.2 Å². The number of hydrogen-bond donors (Lipinski definition) is 2. The van der Waals surface area contributed by atoms with Gasteiger partial charge in [-0.1, -0.05) is 22.0 Å². The molecule has 0 bridgehead atoms. The Balaban J connectivity index is 1.79. The standard InChI is InChI=1S/C13H11BrN6O/c14-8-2-1-3-9(4-8)19-10(21)5-20-7-18-11-12(15)16-6-17-13(11)20/h1-4,6-7H,5H2,(H,19,21)(H2,15,16,17). The van der Waals surface area contributed by atoms with E-state index < -0.39 is 0 Å². The van der Waals surface area contributed by atoms with Gasteiger partial charge in [0.05, 0.1) is 6.33 Å². The van der Waals surface area contributed by atoms with Crippen molar-refractivity contribution < 1.29 is 4.79 Å². The second-order valence-corrected chi connectivity index (χ2v) is 5.28. The summed E-state index contributed by atoms with van der Waals surface area (Å²) in [4.78, 5) is 24.1. The molecule has 8 heteroatoms. The number of amides is 1. The van der Waals surface area contributed by atoms with E-state index in [1.165, 1.54) is 12.7 Å². The van der Waals surface area contributed by atoms with Crippen molar-refractivity contribution in [3.8, 4) is 0 Å². The molecule has 0 aliphatic heterocycles. The smallest absolute Gasteiger partial charge is 0.244 e. The fourth-order valence-corrected chi connectivity index (χ4v) is 2.34. The van der Waals surface area contributed by atoms with Gasteiger partial charge in [-0.2, -0.15) is 0 Å². The third-order valence-corrected chi connectivity index (χ3v) is 3.35. The number of anilines is 2. The lowest BCUT2D eigenvalue weighted by atomic mass is 10.3. The summed E-state index contributed by atoms with van der Waals surface area (Å²) in [6.07, 6.45) is 2.87. The van der Waals surface area contributed by atoms with E-state index in [0.717, 1.165) is 4.47 Å². The van der Waals surface area contributed by atoms with Crippen molar-refractivity contribution in [2.24, 2.45) is 0 Å². The van der Waals surface area contributed by atoms with E-state index in [1.807, 2.05) is 24.3 Å². The molecule has 1 aromatic carbocycles. The summed E-state index contributed by atoms with van der Waals surface area (Å²) >= 11 is 3.36. The molecule has 1 amide bonds. The third kappa shape index (κ3) is 2.84. The predicted molar refractivity (Wildman–Crippen MR) is 82.5 cm³/mol. The molecule has 0 aliphatic carbocycles. The second kappa shape index (κ2) is 5.49. The van der Waals surface area contributed by atoms with Crippen molar-refractivity contribution >= 4 is 44.5 Å². The molecular formula is C13H11BrN6O. The highest BCUT2D eigenvalue weighted by atomic mass is 79.9. The summed E-state index contributed by atoms with van der Waals surface area (Å²) < 4.78 is 2.52. The first-order chi connectivity index (χ1) is 10.1. The average Bonchev–Trinajstić information content (AvgIpc) is 2.83. The molecule has 0 radical (unpaired) electrons. The average molecular weight is 347 g/mol. The predicted octanol–water partition coefficient (Wildman–Crippen LogP) is 1.81. The van der Waals surface area contributed by atoms with E-state index in [1.54, 1.807) is 4.57 Å². The van der Waals surface area contributed by atoms with Gasteiger partial charge in [0.25, 0.3) is 0 Å². The number of carbonyl (C=O) groups is 1. The van der Waals surface area contributed by atoms with Crippen LogP contribution in [0.4, 0.5) is 11.5 Å². The molecule has 0 fully saturated rings. The number of aromatic nitrogens is 4. The first-order valence-electron chi connectivity index (χ1n) is 6.10. The number of nitrogens with one attached hydrogen (secondary N) is 1. The molecule has 3 N–H and O–H groups in total. The lowest BCUT2D eigenvalue weighted by molar-refractivity contribution is -0.116. The highest BCUT2D eigenvalue weighted by molar-refractivity contribution is 9.10. The number of halogens is 1. The van der Waals surface area contributed by atoms with Crippen molar-refractivity contribution in [2.45, 2.75) is 6.54 Å². The maximum atomic E-state index is 12.1. The van der Waals surface area contributed by atoms with Crippen LogP contribution in [0.5, 0.6) is 0 Å². The van der Waals surface area contributed by atoms with Gasteiger partial charge in [-0.3, -0.25) is 4.79 Å². The first kappa shape index (κ1) is 13.5. The lowest BCUT2D eigenvalue weighted by Gasteiger charge is -2.06. The van der Waals surface area contributed by atoms with Crippen LogP contribution in [0.1, 0.15) is 0 Å². The Kier molecular flexibility index (Phi) is 3.53. The van der Waals surface area contributed by atoms with Gasteiger partial charge in [0.2, 0.25) is 5.91 Å². The first-order valence-corrected chi connectivity index (χ1v) is 6.89. The van der Waals surface area contributed by atoms with Crippen LogP contribution in [0.25, 0.3) is 11.2 Å². The Bertz CT molecular complexity index is 815. The number of carbonyl (C=O) groups excluding carboxylic acids is 1. The van der Waals surface area contributed by atoms with Gasteiger partial charge in [-0.25, -0.2) is 15.0 Å². The largest absolute Gasteiger partial charge is 0.382 e. The van der Waals surface area contributed by atoms with Crippen molar-refractivity contribution in [2.75, 3.05) is 11.1 Å². The van der Waals surface area contributed by atoms with E-state index >= 15 is 0 Å². The van der Waals surface area contributed by atoms with E-state index in [2.05, 4.69) is 36.2 Å². The van der Waals surface area contributed by atoms with E-state index in [9.17, 15) is 4.79 Å². The molecule has 2 heterocycles. The highest BCUT2D eigenvalue weighted by Gasteiger charge is 2.11. The molecule has 0 aliphatic rings. The summed E-state index contributed by atoms with van der Waals surface area (Å²) in [7, 11) is 0. The third-order valence-electron chi connectivity index (χ3n) is 2.85. The maximum Gasteiger partial charge on any atom is 0.244 e. The highest BCUT2D eigenvalue weighted by Crippen LogP contribution is 2.17. The van der Waals surface area contributed by atoms with Crippen LogP contribution in [-0.4, -0.2) is 25.4 Å². The zero-order valence-corrected chi connectivity index (χ0v) is 12.4. The molecular weight excluding hydrogens is 336 g/mol. The van der Waals surface area contributed by atoms with E-state index in [0.29, 0.717) is 22.7 Å². The van der Waals surface area contributed by atoms with Gasteiger partial charge in [-0.15, -0.1) is 0 Å². The monoisotopic (exact) mass is 346 g/mol. The van der Waals surface area contributed by atoms with Crippen LogP contribution < -0.4 is 11.1 Å². The number of nitrogens with two attached hydrogens (primary N) is 1. The SMILES string of the molecule is Nc1ncnc2c1ncn2CC(=O)Nc1cccc(Br)c1.